The first-order valence-corrected chi connectivity index (χ1v) is 8.21. The van der Waals surface area contributed by atoms with Gasteiger partial charge in [-0.25, -0.2) is 8.42 Å². The minimum absolute atomic E-state index is 0.0264. The first-order chi connectivity index (χ1) is 9.59. The molecule has 112 valence electrons. The van der Waals surface area contributed by atoms with Gasteiger partial charge in [-0.1, -0.05) is 12.1 Å². The molecule has 1 saturated heterocycles. The van der Waals surface area contributed by atoms with Crippen LogP contribution in [-0.2, 0) is 14.8 Å². The summed E-state index contributed by atoms with van der Waals surface area (Å²) in [6, 6.07) is 6.65. The van der Waals surface area contributed by atoms with Crippen molar-refractivity contribution in [1.82, 2.24) is 4.31 Å². The molecule has 0 aliphatic carbocycles. The van der Waals surface area contributed by atoms with Crippen molar-refractivity contribution >= 4 is 15.7 Å². The third kappa shape index (κ3) is 3.12. The van der Waals surface area contributed by atoms with Crippen LogP contribution in [0.1, 0.15) is 19.8 Å². The fourth-order valence-electron chi connectivity index (χ4n) is 2.44. The zero-order valence-corrected chi connectivity index (χ0v) is 12.4. The summed E-state index contributed by atoms with van der Waals surface area (Å²) in [4.78, 5) is 0.208. The van der Waals surface area contributed by atoms with E-state index in [4.69, 9.17) is 10.6 Å². The Labute approximate surface area is 119 Å². The summed E-state index contributed by atoms with van der Waals surface area (Å²) in [6.07, 6.45) is 1.68. The van der Waals surface area contributed by atoms with Crippen molar-refractivity contribution < 1.29 is 13.2 Å². The Morgan fingerprint density at radius 1 is 1.45 bits per heavy atom. The molecule has 1 aliphatic heterocycles. The Balaban J connectivity index is 2.25. The standard InChI is InChI=1S/C13H21N3O3S/c1-2-19-11-6-5-9-16(10-11)20(17,18)13-8-4-3-7-12(13)15-14/h3-4,7-8,11,15H,2,5-6,9-10,14H2,1H3. The van der Waals surface area contributed by atoms with Crippen LogP contribution in [0.5, 0.6) is 0 Å². The molecule has 20 heavy (non-hydrogen) atoms. The minimum atomic E-state index is -3.55. The average Bonchev–Trinajstić information content (AvgIpc) is 2.48. The van der Waals surface area contributed by atoms with Crippen LogP contribution in [0.25, 0.3) is 0 Å². The molecule has 1 unspecified atom stereocenters. The van der Waals surface area contributed by atoms with Crippen molar-refractivity contribution in [1.29, 1.82) is 0 Å². The zero-order valence-electron chi connectivity index (χ0n) is 11.6. The van der Waals surface area contributed by atoms with Crippen molar-refractivity contribution in [3.63, 3.8) is 0 Å². The van der Waals surface area contributed by atoms with Gasteiger partial charge in [0.25, 0.3) is 0 Å². The number of para-hydroxylation sites is 1. The third-order valence-electron chi connectivity index (χ3n) is 3.40. The van der Waals surface area contributed by atoms with Gasteiger partial charge in [0.2, 0.25) is 10.0 Å². The second kappa shape index (κ2) is 6.53. The molecule has 3 N–H and O–H groups in total. The van der Waals surface area contributed by atoms with Crippen molar-refractivity contribution in [3.05, 3.63) is 24.3 Å². The molecule has 0 spiro atoms. The maximum Gasteiger partial charge on any atom is 0.245 e. The number of anilines is 1. The highest BCUT2D eigenvalue weighted by Crippen LogP contribution is 2.26. The monoisotopic (exact) mass is 299 g/mol. The molecule has 0 amide bonds. The Kier molecular flexibility index (Phi) is 4.98. The molecule has 1 aromatic rings. The SMILES string of the molecule is CCOC1CCCN(S(=O)(=O)c2ccccc2NN)C1. The molecule has 0 radical (unpaired) electrons. The fourth-order valence-corrected chi connectivity index (χ4v) is 4.11. The third-order valence-corrected chi connectivity index (χ3v) is 5.33. The Morgan fingerprint density at radius 3 is 2.90 bits per heavy atom. The summed E-state index contributed by atoms with van der Waals surface area (Å²) < 4.78 is 32.4. The number of sulfonamides is 1. The van der Waals surface area contributed by atoms with Gasteiger partial charge in [0.1, 0.15) is 4.90 Å². The number of nitrogen functional groups attached to an aromatic ring is 1. The first-order valence-electron chi connectivity index (χ1n) is 6.77. The van der Waals surface area contributed by atoms with E-state index in [2.05, 4.69) is 5.43 Å². The number of ether oxygens (including phenoxy) is 1. The predicted octanol–water partition coefficient (Wildman–Crippen LogP) is 1.16. The van der Waals surface area contributed by atoms with Gasteiger partial charge in [-0.2, -0.15) is 4.31 Å². The van der Waals surface area contributed by atoms with E-state index in [1.807, 2.05) is 6.92 Å². The molecule has 0 bridgehead atoms. The molecular weight excluding hydrogens is 278 g/mol. The van der Waals surface area contributed by atoms with Crippen LogP contribution in [0.15, 0.2) is 29.2 Å². The summed E-state index contributed by atoms with van der Waals surface area (Å²) in [7, 11) is -3.55. The first kappa shape index (κ1) is 15.2. The van der Waals surface area contributed by atoms with Gasteiger partial charge in [0.15, 0.2) is 0 Å². The number of benzene rings is 1. The molecule has 1 heterocycles. The lowest BCUT2D eigenvalue weighted by molar-refractivity contribution is 0.0265. The van der Waals surface area contributed by atoms with Crippen LogP contribution < -0.4 is 11.3 Å². The zero-order chi connectivity index (χ0) is 14.6. The van der Waals surface area contributed by atoms with Crippen molar-refractivity contribution in [2.24, 2.45) is 5.84 Å². The van der Waals surface area contributed by atoms with Crippen molar-refractivity contribution in [3.8, 4) is 0 Å². The second-order valence-electron chi connectivity index (χ2n) is 4.72. The summed E-state index contributed by atoms with van der Waals surface area (Å²) in [5.41, 5.74) is 2.85. The smallest absolute Gasteiger partial charge is 0.245 e. The number of nitrogens with one attached hydrogen (secondary N) is 1. The number of hydrogen-bond donors (Lipinski definition) is 2. The second-order valence-corrected chi connectivity index (χ2v) is 6.63. The molecule has 0 saturated carbocycles. The molecule has 7 heteroatoms. The van der Waals surface area contributed by atoms with E-state index in [1.54, 1.807) is 24.3 Å². The molecule has 2 rings (SSSR count). The van der Waals surface area contributed by atoms with Crippen LogP contribution in [-0.4, -0.2) is 38.5 Å². The van der Waals surface area contributed by atoms with E-state index in [9.17, 15) is 8.42 Å². The van der Waals surface area contributed by atoms with Gasteiger partial charge < -0.3 is 10.2 Å². The van der Waals surface area contributed by atoms with E-state index in [0.717, 1.165) is 12.8 Å². The van der Waals surface area contributed by atoms with Gasteiger partial charge in [-0.3, -0.25) is 5.84 Å². The maximum absolute atomic E-state index is 12.7. The normalized spacial score (nSPS) is 20.8. The van der Waals surface area contributed by atoms with E-state index in [1.165, 1.54) is 4.31 Å². The number of nitrogens with two attached hydrogens (primary N) is 1. The van der Waals surface area contributed by atoms with Gasteiger partial charge in [0, 0.05) is 19.7 Å². The van der Waals surface area contributed by atoms with Gasteiger partial charge in [-0.05, 0) is 31.9 Å². The summed E-state index contributed by atoms with van der Waals surface area (Å²) in [5.74, 6) is 5.39. The molecular formula is C13H21N3O3S. The number of hydrogen-bond acceptors (Lipinski definition) is 5. The summed E-state index contributed by atoms with van der Waals surface area (Å²) in [5, 5.41) is 0. The average molecular weight is 299 g/mol. The van der Waals surface area contributed by atoms with Crippen LogP contribution in [0.2, 0.25) is 0 Å². The Hall–Kier alpha value is -1.15. The number of nitrogens with zero attached hydrogens (tertiary/aromatic N) is 1. The van der Waals surface area contributed by atoms with Gasteiger partial charge >= 0.3 is 0 Å². The number of piperidine rings is 1. The minimum Gasteiger partial charge on any atom is -0.377 e. The largest absolute Gasteiger partial charge is 0.377 e. The molecule has 0 aromatic heterocycles. The summed E-state index contributed by atoms with van der Waals surface area (Å²) in [6.45, 7) is 3.43. The molecule has 1 aliphatic rings. The molecule has 1 atom stereocenters. The van der Waals surface area contributed by atoms with Crippen LogP contribution in [0.3, 0.4) is 0 Å². The quantitative estimate of drug-likeness (QED) is 0.629. The summed E-state index contributed by atoms with van der Waals surface area (Å²) >= 11 is 0. The molecule has 1 fully saturated rings. The lowest BCUT2D eigenvalue weighted by Crippen LogP contribution is -2.43. The highest BCUT2D eigenvalue weighted by molar-refractivity contribution is 7.89. The topological polar surface area (TPSA) is 84.7 Å². The van der Waals surface area contributed by atoms with E-state index in [-0.39, 0.29) is 11.0 Å². The Morgan fingerprint density at radius 2 is 2.20 bits per heavy atom. The lowest BCUT2D eigenvalue weighted by atomic mass is 10.1. The van der Waals surface area contributed by atoms with Crippen LogP contribution in [0.4, 0.5) is 5.69 Å². The van der Waals surface area contributed by atoms with E-state index >= 15 is 0 Å². The highest BCUT2D eigenvalue weighted by atomic mass is 32.2. The Bertz CT molecular complexity index is 546. The molecule has 6 nitrogen and oxygen atoms in total. The lowest BCUT2D eigenvalue weighted by Gasteiger charge is -2.32. The van der Waals surface area contributed by atoms with Gasteiger partial charge in [-0.15, -0.1) is 0 Å². The van der Waals surface area contributed by atoms with Crippen molar-refractivity contribution in [2.45, 2.75) is 30.8 Å². The van der Waals surface area contributed by atoms with E-state index < -0.39 is 10.0 Å². The molecule has 1 aromatic carbocycles. The van der Waals surface area contributed by atoms with Crippen LogP contribution in [0, 0.1) is 0 Å². The van der Waals surface area contributed by atoms with Gasteiger partial charge in [0.05, 0.1) is 11.8 Å². The maximum atomic E-state index is 12.7. The van der Waals surface area contributed by atoms with Crippen LogP contribution >= 0.6 is 0 Å². The highest BCUT2D eigenvalue weighted by Gasteiger charge is 2.31. The van der Waals surface area contributed by atoms with Crippen molar-refractivity contribution in [2.75, 3.05) is 25.1 Å². The fraction of sp³-hybridized carbons (Fsp3) is 0.538. The predicted molar refractivity (Wildman–Crippen MR) is 77.7 cm³/mol. The number of hydrazine groups is 1. The number of rotatable bonds is 5. The van der Waals surface area contributed by atoms with E-state index in [0.29, 0.717) is 25.4 Å².